The van der Waals surface area contributed by atoms with Crippen LogP contribution in [0.4, 0.5) is 0 Å². The van der Waals surface area contributed by atoms with Crippen LogP contribution in [-0.4, -0.2) is 49.2 Å². The van der Waals surface area contributed by atoms with Gasteiger partial charge in [-0.2, -0.15) is 0 Å². The summed E-state index contributed by atoms with van der Waals surface area (Å²) in [5.74, 6) is 0.176. The molecule has 3 saturated heterocycles. The molecule has 3 aliphatic heterocycles. The van der Waals surface area contributed by atoms with E-state index in [1.165, 1.54) is 0 Å². The number of carbonyl (C=O) groups is 1. The Hall–Kier alpha value is -0.650. The van der Waals surface area contributed by atoms with Crippen LogP contribution in [-0.2, 0) is 19.0 Å². The first kappa shape index (κ1) is 11.4. The number of fused-ring (bicyclic) bond motifs is 3. The first-order valence-electron chi connectivity index (χ1n) is 6.46. The van der Waals surface area contributed by atoms with E-state index in [9.17, 15) is 4.79 Å². The van der Waals surface area contributed by atoms with Gasteiger partial charge in [0.15, 0.2) is 6.29 Å². The number of nitrogens with zero attached hydrogens (tertiary/aromatic N) is 1. The lowest BCUT2D eigenvalue weighted by Crippen LogP contribution is -2.35. The SMILES string of the molecule is CCCCO[C@H]1C[C@H]2C(=O)N3COCC3[C@H]2O1. The summed E-state index contributed by atoms with van der Waals surface area (Å²) in [6.07, 6.45) is 2.66. The van der Waals surface area contributed by atoms with Crippen LogP contribution in [0.2, 0.25) is 0 Å². The first-order valence-corrected chi connectivity index (χ1v) is 6.46. The molecule has 1 unspecified atom stereocenters. The lowest BCUT2D eigenvalue weighted by Gasteiger charge is -2.19. The van der Waals surface area contributed by atoms with E-state index in [1.54, 1.807) is 4.90 Å². The Balaban J connectivity index is 1.59. The maximum atomic E-state index is 12.1. The van der Waals surface area contributed by atoms with Gasteiger partial charge in [0, 0.05) is 13.0 Å². The summed E-state index contributed by atoms with van der Waals surface area (Å²) in [4.78, 5) is 13.9. The fourth-order valence-corrected chi connectivity index (χ4v) is 2.90. The Bertz CT molecular complexity index is 309. The Morgan fingerprint density at radius 1 is 1.53 bits per heavy atom. The van der Waals surface area contributed by atoms with E-state index in [0.29, 0.717) is 19.8 Å². The van der Waals surface area contributed by atoms with Crippen molar-refractivity contribution in [1.82, 2.24) is 4.90 Å². The standard InChI is InChI=1S/C12H19NO4/c1-2-3-4-16-10-5-8-11(17-10)9-6-15-7-13(9)12(8)14/h8-11H,2-7H2,1H3/t8-,9?,10-,11+/m1/s1. The molecule has 17 heavy (non-hydrogen) atoms. The van der Waals surface area contributed by atoms with E-state index >= 15 is 0 Å². The zero-order valence-electron chi connectivity index (χ0n) is 10.1. The molecule has 0 aliphatic carbocycles. The molecular weight excluding hydrogens is 222 g/mol. The summed E-state index contributed by atoms with van der Waals surface area (Å²) in [5, 5.41) is 0. The lowest BCUT2D eigenvalue weighted by molar-refractivity contribution is -0.144. The van der Waals surface area contributed by atoms with Crippen molar-refractivity contribution in [3.8, 4) is 0 Å². The third kappa shape index (κ3) is 1.86. The normalized spacial score (nSPS) is 39.8. The largest absolute Gasteiger partial charge is 0.359 e. The molecular formula is C12H19NO4. The molecule has 5 nitrogen and oxygen atoms in total. The molecule has 3 fully saturated rings. The summed E-state index contributed by atoms with van der Waals surface area (Å²) in [5.41, 5.74) is 0. The van der Waals surface area contributed by atoms with Crippen LogP contribution in [0.1, 0.15) is 26.2 Å². The van der Waals surface area contributed by atoms with Gasteiger partial charge in [-0.15, -0.1) is 0 Å². The minimum atomic E-state index is -0.191. The van der Waals surface area contributed by atoms with Gasteiger partial charge in [0.05, 0.1) is 24.7 Å². The smallest absolute Gasteiger partial charge is 0.230 e. The molecule has 0 aromatic rings. The molecule has 0 aromatic carbocycles. The molecule has 0 N–H and O–H groups in total. The lowest BCUT2D eigenvalue weighted by atomic mass is 10.0. The van der Waals surface area contributed by atoms with Crippen LogP contribution in [0.15, 0.2) is 0 Å². The quantitative estimate of drug-likeness (QED) is 0.681. The van der Waals surface area contributed by atoms with E-state index in [-0.39, 0.29) is 30.3 Å². The zero-order chi connectivity index (χ0) is 11.8. The number of rotatable bonds is 4. The predicted octanol–water partition coefficient (Wildman–Crippen LogP) is 0.733. The van der Waals surface area contributed by atoms with Crippen molar-refractivity contribution in [2.45, 2.75) is 44.6 Å². The molecule has 0 spiro atoms. The summed E-state index contributed by atoms with van der Waals surface area (Å²) < 4.78 is 16.8. The monoisotopic (exact) mass is 241 g/mol. The number of ether oxygens (including phenoxy) is 3. The minimum Gasteiger partial charge on any atom is -0.359 e. The Kier molecular flexibility index (Phi) is 3.06. The van der Waals surface area contributed by atoms with Gasteiger partial charge in [-0.3, -0.25) is 4.79 Å². The minimum absolute atomic E-state index is 0.00414. The molecule has 1 amide bonds. The third-order valence-electron chi connectivity index (χ3n) is 3.85. The van der Waals surface area contributed by atoms with Crippen molar-refractivity contribution in [2.24, 2.45) is 5.92 Å². The van der Waals surface area contributed by atoms with Crippen LogP contribution < -0.4 is 0 Å². The average Bonchev–Trinajstić information content (AvgIpc) is 2.97. The molecule has 0 saturated carbocycles. The van der Waals surface area contributed by atoms with E-state index in [4.69, 9.17) is 14.2 Å². The van der Waals surface area contributed by atoms with Crippen molar-refractivity contribution < 1.29 is 19.0 Å². The topological polar surface area (TPSA) is 48.0 Å². The van der Waals surface area contributed by atoms with Crippen molar-refractivity contribution in [2.75, 3.05) is 19.9 Å². The fraction of sp³-hybridized carbons (Fsp3) is 0.917. The van der Waals surface area contributed by atoms with Crippen molar-refractivity contribution >= 4 is 5.91 Å². The van der Waals surface area contributed by atoms with Crippen molar-refractivity contribution in [1.29, 1.82) is 0 Å². The van der Waals surface area contributed by atoms with Gasteiger partial charge in [-0.1, -0.05) is 13.3 Å². The summed E-state index contributed by atoms with van der Waals surface area (Å²) in [7, 11) is 0. The number of unbranched alkanes of at least 4 members (excludes halogenated alkanes) is 1. The first-order chi connectivity index (χ1) is 8.31. The number of carbonyl (C=O) groups excluding carboxylic acids is 1. The highest BCUT2D eigenvalue weighted by Gasteiger charge is 2.56. The summed E-state index contributed by atoms with van der Waals surface area (Å²) in [6.45, 7) is 3.89. The maximum absolute atomic E-state index is 12.1. The van der Waals surface area contributed by atoms with Crippen LogP contribution >= 0.6 is 0 Å². The van der Waals surface area contributed by atoms with Gasteiger partial charge in [0.1, 0.15) is 6.73 Å². The molecule has 4 atom stereocenters. The summed E-state index contributed by atoms with van der Waals surface area (Å²) >= 11 is 0. The second-order valence-corrected chi connectivity index (χ2v) is 4.97. The average molecular weight is 241 g/mol. The molecule has 3 aliphatic rings. The highest BCUT2D eigenvalue weighted by atomic mass is 16.7. The van der Waals surface area contributed by atoms with E-state index in [0.717, 1.165) is 19.4 Å². The Morgan fingerprint density at radius 3 is 3.24 bits per heavy atom. The number of hydrogen-bond donors (Lipinski definition) is 0. The fourth-order valence-electron chi connectivity index (χ4n) is 2.90. The number of amides is 1. The molecule has 0 aromatic heterocycles. The molecule has 0 bridgehead atoms. The van der Waals surface area contributed by atoms with Gasteiger partial charge in [-0.25, -0.2) is 0 Å². The second kappa shape index (κ2) is 4.55. The molecule has 0 radical (unpaired) electrons. The van der Waals surface area contributed by atoms with Crippen LogP contribution in [0.25, 0.3) is 0 Å². The molecule has 3 rings (SSSR count). The van der Waals surface area contributed by atoms with Crippen LogP contribution in [0, 0.1) is 5.92 Å². The van der Waals surface area contributed by atoms with E-state index in [2.05, 4.69) is 6.92 Å². The predicted molar refractivity (Wildman–Crippen MR) is 59.1 cm³/mol. The van der Waals surface area contributed by atoms with Crippen molar-refractivity contribution in [3.05, 3.63) is 0 Å². The van der Waals surface area contributed by atoms with Gasteiger partial charge in [-0.05, 0) is 6.42 Å². The van der Waals surface area contributed by atoms with Crippen LogP contribution in [0.5, 0.6) is 0 Å². The van der Waals surface area contributed by atoms with E-state index in [1.807, 2.05) is 0 Å². The second-order valence-electron chi connectivity index (χ2n) is 4.97. The zero-order valence-corrected chi connectivity index (χ0v) is 10.1. The molecule has 3 heterocycles. The van der Waals surface area contributed by atoms with E-state index < -0.39 is 0 Å². The molecule has 5 heteroatoms. The van der Waals surface area contributed by atoms with Gasteiger partial charge >= 0.3 is 0 Å². The van der Waals surface area contributed by atoms with Crippen LogP contribution in [0.3, 0.4) is 0 Å². The van der Waals surface area contributed by atoms with Gasteiger partial charge in [0.25, 0.3) is 0 Å². The van der Waals surface area contributed by atoms with Crippen molar-refractivity contribution in [3.63, 3.8) is 0 Å². The summed E-state index contributed by atoms with van der Waals surface area (Å²) in [6, 6.07) is 0.118. The Morgan fingerprint density at radius 2 is 2.41 bits per heavy atom. The number of hydrogen-bond acceptors (Lipinski definition) is 4. The van der Waals surface area contributed by atoms with Gasteiger partial charge < -0.3 is 19.1 Å². The Labute approximate surface area is 101 Å². The van der Waals surface area contributed by atoms with Gasteiger partial charge in [0.2, 0.25) is 5.91 Å². The highest BCUT2D eigenvalue weighted by molar-refractivity contribution is 5.83. The highest BCUT2D eigenvalue weighted by Crippen LogP contribution is 2.40. The maximum Gasteiger partial charge on any atom is 0.230 e. The third-order valence-corrected chi connectivity index (χ3v) is 3.85. The molecule has 96 valence electrons.